The summed E-state index contributed by atoms with van der Waals surface area (Å²) in [5.41, 5.74) is 11.2. The van der Waals surface area contributed by atoms with Crippen molar-refractivity contribution in [3.8, 4) is 0 Å². The first-order chi connectivity index (χ1) is 65.3. The average molecular weight is 2030 g/mol. The molecule has 34 nitrogen and oxygen atoms in total. The highest BCUT2D eigenvalue weighted by Crippen LogP contribution is 2.62. The molecule has 0 aliphatic carbocycles. The van der Waals surface area contributed by atoms with E-state index < -0.39 is 211 Å². The number of amides is 2. The zero-order valence-electron chi connectivity index (χ0n) is 84.5. The van der Waals surface area contributed by atoms with E-state index in [-0.39, 0.29) is 45.1 Å². The van der Waals surface area contributed by atoms with Crippen LogP contribution < -0.4 is 22.1 Å². The fraction of sp³-hybridized carbons (Fsp3) is 0.939. The number of aliphatic hydroxyl groups is 4. The number of hydrogen-bond acceptors (Lipinski definition) is 28. The second-order valence-electron chi connectivity index (χ2n) is 37.9. The van der Waals surface area contributed by atoms with Crippen molar-refractivity contribution >= 4 is 66.8 Å². The van der Waals surface area contributed by atoms with Gasteiger partial charge in [-0.25, -0.2) is 18.0 Å². The quantitative estimate of drug-likeness (QED) is 0.0116. The third kappa shape index (κ3) is 66.1. The summed E-state index contributed by atoms with van der Waals surface area (Å²) in [6, 6.07) is -4.24. The van der Waals surface area contributed by atoms with Gasteiger partial charge >= 0.3 is 54.9 Å². The largest absolute Gasteiger partial charge is 0.481 e. The van der Waals surface area contributed by atoms with E-state index in [1.807, 2.05) is 0 Å². The maximum absolute atomic E-state index is 15.5. The fourth-order valence-electron chi connectivity index (χ4n) is 17.3. The standard InChI is InChI=1S/C98H190N4O30P4/c1-7-13-19-25-31-37-38-44-50-56-62-68-88(109)124-82(66-60-54-48-42-35-29-23-17-11-5)76-90(111)128-96-92(102-86(107)75-81(65-59-53-47-41-34-28-22-16-10-4)123-87(108)67-61-55-49-43-36-30-24-18-12-6)97(125-83(77-103)94(96)129-135(117,118)132-134(115,116)122-71-69-99)121-78-84-93(112)95(127-89(110)74-80(105)64-58-52-46-40-33-27-21-15-9-3)91(98(126-84)130-136(119,120)131-133(113,114)72-70-100)101-85(106)73-79(104)63-57-51-45-39-32-26-20-14-8-2/h79-84,91-98,103-105,112H,7-78,99-100H2,1-6H3,(H,101,106)(H,102,107)(H,113,114)(H,115,116)(H,117,118)(H,119,120)/t79-,80-,81-,82-,83-,84?,91?,92?,93-,94-,95?,96?,97-,98-/m1/s1. The van der Waals surface area contributed by atoms with Crippen molar-refractivity contribution in [3.63, 3.8) is 0 Å². The molecule has 0 saturated carbocycles. The molecule has 136 heavy (non-hydrogen) atoms. The smallest absolute Gasteiger partial charge is 0.462 e. The summed E-state index contributed by atoms with van der Waals surface area (Å²) in [7, 11) is -22.8. The number of carbonyl (C=O) groups excluding carboxylic acids is 6. The van der Waals surface area contributed by atoms with Crippen LogP contribution in [0.5, 0.6) is 0 Å². The van der Waals surface area contributed by atoms with Gasteiger partial charge in [0.1, 0.15) is 48.7 Å². The van der Waals surface area contributed by atoms with Gasteiger partial charge in [-0.3, -0.25) is 46.9 Å². The summed E-state index contributed by atoms with van der Waals surface area (Å²) in [6.45, 7) is 8.85. The lowest BCUT2D eigenvalue weighted by molar-refractivity contribution is -0.296. The summed E-state index contributed by atoms with van der Waals surface area (Å²) in [4.78, 5) is 133. The van der Waals surface area contributed by atoms with E-state index in [9.17, 15) is 77.4 Å². The monoisotopic (exact) mass is 2030 g/mol. The zero-order chi connectivity index (χ0) is 100. The molecule has 0 spiro atoms. The first kappa shape index (κ1) is 129. The molecule has 0 bridgehead atoms. The molecule has 0 aromatic rings. The van der Waals surface area contributed by atoms with Crippen molar-refractivity contribution in [3.05, 3.63) is 0 Å². The molecule has 0 aromatic carbocycles. The van der Waals surface area contributed by atoms with E-state index in [2.05, 4.69) is 52.2 Å². The molecule has 2 heterocycles. The number of phosphoric ester groups is 3. The second kappa shape index (κ2) is 81.2. The number of carbonyl (C=O) groups is 6. The van der Waals surface area contributed by atoms with E-state index in [1.165, 1.54) is 19.3 Å². The lowest BCUT2D eigenvalue weighted by Crippen LogP contribution is -2.68. The minimum Gasteiger partial charge on any atom is -0.462 e. The number of rotatable bonds is 93. The normalized spacial score (nSPS) is 21.2. The van der Waals surface area contributed by atoms with Crippen LogP contribution in [0.3, 0.4) is 0 Å². The van der Waals surface area contributed by atoms with Gasteiger partial charge in [0.2, 0.25) is 11.8 Å². The molecule has 0 aromatic heterocycles. The Balaban J connectivity index is 3.12. The van der Waals surface area contributed by atoms with Gasteiger partial charge in [0.15, 0.2) is 24.8 Å². The van der Waals surface area contributed by atoms with Gasteiger partial charge < -0.3 is 95.3 Å². The Morgan fingerprint density at radius 1 is 0.360 bits per heavy atom. The van der Waals surface area contributed by atoms with Crippen molar-refractivity contribution < 1.29 is 142 Å². The summed E-state index contributed by atoms with van der Waals surface area (Å²) >= 11 is 0. The molecule has 802 valence electrons. The molecule has 14 N–H and O–H groups in total. The molecule has 2 aliphatic rings. The van der Waals surface area contributed by atoms with Gasteiger partial charge in [-0.2, -0.15) is 4.31 Å². The lowest BCUT2D eigenvalue weighted by atomic mass is 9.95. The van der Waals surface area contributed by atoms with Crippen molar-refractivity contribution in [2.75, 3.05) is 39.1 Å². The van der Waals surface area contributed by atoms with Gasteiger partial charge in [0.25, 0.3) is 0 Å². The number of aliphatic hydroxyl groups excluding tert-OH is 4. The van der Waals surface area contributed by atoms with Crippen molar-refractivity contribution in [1.82, 2.24) is 10.6 Å². The molecule has 2 fully saturated rings. The maximum Gasteiger partial charge on any atom is 0.481 e. The number of hydrogen-bond donors (Lipinski definition) is 12. The summed E-state index contributed by atoms with van der Waals surface area (Å²) in [5, 5.41) is 52.4. The third-order valence-electron chi connectivity index (χ3n) is 25.1. The first-order valence-corrected chi connectivity index (χ1v) is 59.7. The number of nitrogens with one attached hydrogen (secondary N) is 2. The van der Waals surface area contributed by atoms with E-state index in [0.717, 1.165) is 289 Å². The van der Waals surface area contributed by atoms with Crippen molar-refractivity contribution in [1.29, 1.82) is 0 Å². The average Bonchev–Trinajstić information content (AvgIpc) is 0.775. The van der Waals surface area contributed by atoms with Gasteiger partial charge in [-0.15, -0.1) is 0 Å². The molecule has 2 rings (SSSR count). The fourth-order valence-corrected chi connectivity index (χ4v) is 22.1. The topological polar surface area (TPSA) is 519 Å². The van der Waals surface area contributed by atoms with Crippen LogP contribution in [0.4, 0.5) is 0 Å². The highest BCUT2D eigenvalue weighted by molar-refractivity contribution is 7.64. The van der Waals surface area contributed by atoms with Crippen LogP contribution in [0, 0.1) is 0 Å². The van der Waals surface area contributed by atoms with E-state index in [0.29, 0.717) is 51.4 Å². The molecular formula is C98H190N4O30P4. The Morgan fingerprint density at radius 3 is 1.08 bits per heavy atom. The minimum absolute atomic E-state index is 0.00916. The number of phosphoric acid groups is 3. The predicted molar refractivity (Wildman–Crippen MR) is 527 cm³/mol. The van der Waals surface area contributed by atoms with Crippen LogP contribution in [0.1, 0.15) is 465 Å². The first-order valence-electron chi connectivity index (χ1n) is 53.4. The van der Waals surface area contributed by atoms with Crippen LogP contribution in [0.2, 0.25) is 0 Å². The number of nitrogens with two attached hydrogens (primary N) is 2. The Kier molecular flexibility index (Phi) is 77.1. The predicted octanol–water partition coefficient (Wildman–Crippen LogP) is 20.9. The number of unbranched alkanes of at least 4 members (excludes halogenated alkanes) is 50. The van der Waals surface area contributed by atoms with Crippen molar-refractivity contribution in [2.24, 2.45) is 11.5 Å². The molecule has 0 radical (unpaired) electrons. The second-order valence-corrected chi connectivity index (χ2v) is 44.4. The Labute approximate surface area is 817 Å². The number of ether oxygens (including phenoxy) is 7. The minimum atomic E-state index is -6.10. The third-order valence-corrected chi connectivity index (χ3v) is 30.9. The molecule has 9 unspecified atom stereocenters. The van der Waals surface area contributed by atoms with Gasteiger partial charge in [-0.05, 0) is 51.4 Å². The Morgan fingerprint density at radius 2 is 0.691 bits per heavy atom. The summed E-state index contributed by atoms with van der Waals surface area (Å²) < 4.78 is 125. The molecule has 18 atom stereocenters. The summed E-state index contributed by atoms with van der Waals surface area (Å²) in [6.07, 6.45) is 27.7. The van der Waals surface area contributed by atoms with Crippen molar-refractivity contribution in [2.45, 2.75) is 551 Å². The van der Waals surface area contributed by atoms with Gasteiger partial charge in [0.05, 0.1) is 63.9 Å². The molecule has 38 heteroatoms. The van der Waals surface area contributed by atoms with Crippen LogP contribution >= 0.6 is 31.1 Å². The zero-order valence-corrected chi connectivity index (χ0v) is 88.1. The lowest BCUT2D eigenvalue weighted by Gasteiger charge is -2.47. The van der Waals surface area contributed by atoms with Gasteiger partial charge in [-0.1, -0.05) is 375 Å². The highest BCUT2D eigenvalue weighted by Gasteiger charge is 2.56. The van der Waals surface area contributed by atoms with Gasteiger partial charge in [0, 0.05) is 25.9 Å². The Bertz CT molecular complexity index is 3230. The molecule has 2 saturated heterocycles. The highest BCUT2D eigenvalue weighted by atomic mass is 31.3. The van der Waals surface area contributed by atoms with E-state index >= 15 is 9.59 Å². The van der Waals surface area contributed by atoms with Crippen LogP contribution in [-0.2, 0) is 102 Å². The van der Waals surface area contributed by atoms with Crippen LogP contribution in [-0.4, -0.2) is 200 Å². The van der Waals surface area contributed by atoms with Crippen LogP contribution in [0.15, 0.2) is 0 Å². The number of esters is 4. The maximum atomic E-state index is 15.5. The molecule has 2 aliphatic heterocycles. The molecule has 2 amide bonds. The summed E-state index contributed by atoms with van der Waals surface area (Å²) in [5.74, 6) is -5.60. The SMILES string of the molecule is CCCCCCCCCCCCCC(=O)O[C@H](CCCCCCCCCCC)CC(=O)OC1C(NC(=O)C[C@@H](CCCCCCCCCCC)OC(=O)CCCCCCCCCCC)[C@H](OCC2O[C@H](OP(=O)(O)OP(=O)(O)CCN)C(NC(=O)C[C@H](O)CCCCCCCCCCC)C(OC(=O)C[C@H](O)CCCCCCCCCCC)[C@@H]2O)O[C@H](CO)[C@H]1OP(=O)(O)OP(=O)(O)OCCN. The van der Waals surface area contributed by atoms with E-state index in [4.69, 9.17) is 66.8 Å². The van der Waals surface area contributed by atoms with Crippen LogP contribution in [0.25, 0.3) is 0 Å². The molecular weight excluding hydrogens is 1840 g/mol. The van der Waals surface area contributed by atoms with E-state index in [1.54, 1.807) is 0 Å². The Hall–Kier alpha value is -2.98.